The Labute approximate surface area is 517 Å². The topological polar surface area (TPSA) is 421 Å². The third-order valence-corrected chi connectivity index (χ3v) is 17.0. The number of nitrogens with zero attached hydrogens (tertiary/aromatic N) is 5. The average molecular weight is 1270 g/mol. The van der Waals surface area contributed by atoms with Crippen LogP contribution in [0.25, 0.3) is 0 Å². The van der Waals surface area contributed by atoms with E-state index >= 15 is 0 Å². The number of nitrogens with two attached hydrogens (primary N) is 1. The molecule has 7 amide bonds. The minimum atomic E-state index is -2.10. The molecule has 3 aromatic rings. The van der Waals surface area contributed by atoms with Crippen molar-refractivity contribution in [1.29, 1.82) is 0 Å². The summed E-state index contributed by atoms with van der Waals surface area (Å²) in [6.07, 6.45) is -11.8. The fourth-order valence-corrected chi connectivity index (χ4v) is 12.2. The Hall–Kier alpha value is -7.14. The molecular formula is C58H81N11O19S. The number of fused-ring (bicyclic) bond motifs is 2. The van der Waals surface area contributed by atoms with Crippen molar-refractivity contribution in [1.82, 2.24) is 36.4 Å². The number of hydrogen-bond acceptors (Lipinski definition) is 24. The number of nitrogens with one attached hydrogen (secondary N) is 5. The number of rotatable bonds is 16. The van der Waals surface area contributed by atoms with Gasteiger partial charge in [0, 0.05) is 107 Å². The van der Waals surface area contributed by atoms with E-state index in [2.05, 4.69) is 88.8 Å². The van der Waals surface area contributed by atoms with Gasteiger partial charge in [-0.25, -0.2) is 5.26 Å². The normalized spacial score (nSPS) is 29.0. The van der Waals surface area contributed by atoms with Crippen LogP contribution in [0, 0.1) is 5.92 Å². The minimum absolute atomic E-state index is 0.0853. The first kappa shape index (κ1) is 67.8. The van der Waals surface area contributed by atoms with E-state index in [1.54, 1.807) is 24.3 Å². The quantitative estimate of drug-likeness (QED) is 0.0294. The first-order valence-corrected chi connectivity index (χ1v) is 30.2. The van der Waals surface area contributed by atoms with E-state index in [0.29, 0.717) is 13.1 Å². The summed E-state index contributed by atoms with van der Waals surface area (Å²) >= 11 is 0.0853. The molecule has 0 aromatic heterocycles. The standard InChI is InChI=1S/C58H81N11O19S/c1-30-26-69-50(51(30)76)56(81)60-25-39(71)23-41(61-52(77)35-6-8-36(9-7-35)65-17-19-66(20-18-65)37-10-12-38(13-11-37)67-27-31(2)85-32(3)28-67)53(78)62-47(33(4)70)57(82)68-29-40(72)24-42(68)54(79)63-48(55(80)64-49(58(69)83)44(74)15-16-59)45(75)21-34-5-14-43(73)46(22-34)86-89-88-87-84/h5-14,22,30-33,39-42,44-45,47-51,70-76,84H,15-21,23-29,59H2,1-4H3,(H,60,81)(H,61,77)(H,62,78)(H,63,79)(H,64,80)/t30-,31-,32+,33+,39+,40+,41+,42+,44-,45-,47+,48+,49+,50+,51+/m1/s1. The number of morpholine rings is 1. The SMILES string of the molecule is C[C@@H]1CN(c2ccc(N3CCN(c4ccc(C(=O)N[C@H]5C[C@H](O)CNC(=O)[C@@H]6[C@@H](O)[C@H](C)CN6C(=O)[C@H]([C@H](O)CCN)NC(=O)[C@H]([C@H](O)Cc6ccc(O)c(OSOOO)c6)NC(=O)[C@@H]6C[C@H](O)CN6C(=O)[C@H]([C@H](C)O)NC5=O)cc4)CC3)cc2)C[C@H](C)O1. The van der Waals surface area contributed by atoms with Gasteiger partial charge in [-0.1, -0.05) is 22.4 Å². The van der Waals surface area contributed by atoms with Gasteiger partial charge in [0.25, 0.3) is 18.2 Å². The number of benzene rings is 3. The molecule has 5 fully saturated rings. The molecule has 89 heavy (non-hydrogen) atoms. The maximum absolute atomic E-state index is 14.7. The summed E-state index contributed by atoms with van der Waals surface area (Å²) in [6.45, 7) is 9.47. The zero-order valence-corrected chi connectivity index (χ0v) is 50.5. The van der Waals surface area contributed by atoms with Gasteiger partial charge in [0.2, 0.25) is 35.4 Å². The van der Waals surface area contributed by atoms with E-state index in [9.17, 15) is 69.3 Å². The Morgan fingerprint density at radius 3 is 1.90 bits per heavy atom. The predicted molar refractivity (Wildman–Crippen MR) is 319 cm³/mol. The number of aromatic hydroxyl groups is 1. The number of carbonyl (C=O) groups is 7. The number of amides is 7. The lowest BCUT2D eigenvalue weighted by Gasteiger charge is -2.38. The number of β-amino-alcohol motifs (C(OH)–C–C–N with tert-alkyl or cyclic N) is 1. The van der Waals surface area contributed by atoms with Gasteiger partial charge in [0.1, 0.15) is 36.3 Å². The number of anilines is 3. The summed E-state index contributed by atoms with van der Waals surface area (Å²) in [5.74, 6) is -9.15. The number of piperazine rings is 1. The van der Waals surface area contributed by atoms with Gasteiger partial charge in [0.05, 0.1) is 48.8 Å². The molecule has 0 bridgehead atoms. The van der Waals surface area contributed by atoms with E-state index in [1.807, 2.05) is 0 Å². The first-order valence-electron chi connectivity index (χ1n) is 29.6. The van der Waals surface area contributed by atoms with Gasteiger partial charge in [-0.15, -0.1) is 0 Å². The Bertz CT molecular complexity index is 2940. The second kappa shape index (κ2) is 30.6. The zero-order valence-electron chi connectivity index (χ0n) is 49.7. The number of hydrogen-bond donors (Lipinski definition) is 14. The third-order valence-electron chi connectivity index (χ3n) is 16.6. The van der Waals surface area contributed by atoms with Gasteiger partial charge in [-0.05, 0) is 100.0 Å². The molecule has 31 heteroatoms. The van der Waals surface area contributed by atoms with E-state index in [1.165, 1.54) is 19.1 Å². The number of aliphatic hydroxyl groups excluding tert-OH is 6. The maximum atomic E-state index is 14.7. The van der Waals surface area contributed by atoms with Crippen LogP contribution < -0.4 is 51.2 Å². The second-order valence-electron chi connectivity index (χ2n) is 23.4. The van der Waals surface area contributed by atoms with Gasteiger partial charge < -0.3 is 101 Å². The molecule has 5 saturated heterocycles. The van der Waals surface area contributed by atoms with Crippen LogP contribution in [0.2, 0.25) is 0 Å². The highest BCUT2D eigenvalue weighted by atomic mass is 32.2. The van der Waals surface area contributed by atoms with Crippen molar-refractivity contribution in [2.75, 3.05) is 80.1 Å². The van der Waals surface area contributed by atoms with Crippen LogP contribution in [-0.4, -0.2) is 243 Å². The molecule has 5 aliphatic rings. The molecule has 0 spiro atoms. The lowest BCUT2D eigenvalue weighted by molar-refractivity contribution is -0.433. The van der Waals surface area contributed by atoms with Crippen LogP contribution >= 0.6 is 12.3 Å². The van der Waals surface area contributed by atoms with Gasteiger partial charge in [0.15, 0.2) is 11.5 Å². The van der Waals surface area contributed by atoms with Gasteiger partial charge in [-0.2, -0.15) is 0 Å². The molecule has 0 radical (unpaired) electrons. The summed E-state index contributed by atoms with van der Waals surface area (Å²) in [5.41, 5.74) is 9.07. The highest BCUT2D eigenvalue weighted by molar-refractivity contribution is 7.90. The summed E-state index contributed by atoms with van der Waals surface area (Å²) in [4.78, 5) is 110. The van der Waals surface area contributed by atoms with E-state index < -0.39 is 158 Å². The van der Waals surface area contributed by atoms with Gasteiger partial charge in [-0.3, -0.25) is 33.6 Å². The van der Waals surface area contributed by atoms with Crippen LogP contribution in [0.3, 0.4) is 0 Å². The zero-order chi connectivity index (χ0) is 64.4. The maximum Gasteiger partial charge on any atom is 0.261 e. The van der Waals surface area contributed by atoms with Crippen LogP contribution in [0.5, 0.6) is 11.5 Å². The molecule has 5 heterocycles. The van der Waals surface area contributed by atoms with E-state index in [4.69, 9.17) is 19.9 Å². The molecule has 3 aromatic carbocycles. The first-order chi connectivity index (χ1) is 42.4. The summed E-state index contributed by atoms with van der Waals surface area (Å²) in [7, 11) is 0. The predicted octanol–water partition coefficient (Wildman–Crippen LogP) is -3.01. The van der Waals surface area contributed by atoms with Crippen molar-refractivity contribution in [2.24, 2.45) is 11.7 Å². The fraction of sp³-hybridized carbons (Fsp3) is 0.569. The minimum Gasteiger partial charge on any atom is -0.504 e. The van der Waals surface area contributed by atoms with Crippen LogP contribution in [0.1, 0.15) is 62.9 Å². The molecule has 15 atom stereocenters. The number of carbonyl (C=O) groups excluding carboxylic acids is 7. The molecule has 8 rings (SSSR count). The molecule has 0 saturated carbocycles. The molecule has 0 aliphatic carbocycles. The van der Waals surface area contributed by atoms with Crippen molar-refractivity contribution in [3.8, 4) is 11.5 Å². The highest BCUT2D eigenvalue weighted by Crippen LogP contribution is 2.32. The largest absolute Gasteiger partial charge is 0.504 e. The van der Waals surface area contributed by atoms with Crippen molar-refractivity contribution in [3.05, 3.63) is 77.9 Å². The Kier molecular flexibility index (Phi) is 23.3. The summed E-state index contributed by atoms with van der Waals surface area (Å²) < 4.78 is 15.2. The lowest BCUT2D eigenvalue weighted by atomic mass is 9.98. The highest BCUT2D eigenvalue weighted by Gasteiger charge is 2.50. The summed E-state index contributed by atoms with van der Waals surface area (Å²) in [6, 6.07) is 7.68. The van der Waals surface area contributed by atoms with Crippen molar-refractivity contribution >= 4 is 70.7 Å². The average Bonchev–Trinajstić information content (AvgIpc) is 4.20. The van der Waals surface area contributed by atoms with Gasteiger partial charge >= 0.3 is 0 Å². The Morgan fingerprint density at radius 2 is 1.29 bits per heavy atom. The van der Waals surface area contributed by atoms with Crippen molar-refractivity contribution < 1.29 is 92.9 Å². The third kappa shape index (κ3) is 16.8. The molecule has 30 nitrogen and oxygen atoms in total. The van der Waals surface area contributed by atoms with Crippen molar-refractivity contribution in [2.45, 2.75) is 138 Å². The van der Waals surface area contributed by atoms with Crippen LogP contribution in [0.4, 0.5) is 17.1 Å². The van der Waals surface area contributed by atoms with Crippen LogP contribution in [0.15, 0.2) is 66.7 Å². The second-order valence-corrected chi connectivity index (χ2v) is 23.8. The molecule has 5 aliphatic heterocycles. The molecule has 488 valence electrons. The van der Waals surface area contributed by atoms with Crippen molar-refractivity contribution in [3.63, 3.8) is 0 Å². The Morgan fingerprint density at radius 1 is 0.708 bits per heavy atom. The van der Waals surface area contributed by atoms with E-state index in [0.717, 1.165) is 66.0 Å². The lowest BCUT2D eigenvalue weighted by Crippen LogP contribution is -2.64. The van der Waals surface area contributed by atoms with Crippen LogP contribution in [-0.2, 0) is 49.3 Å². The smallest absolute Gasteiger partial charge is 0.261 e. The number of phenolic OH excluding ortho intramolecular Hbond substituents is 1. The fourth-order valence-electron chi connectivity index (χ4n) is 12.0. The van der Waals surface area contributed by atoms with E-state index in [-0.39, 0.29) is 60.9 Å². The molecule has 0 unspecified atom stereocenters. The Balaban J connectivity index is 1.04. The summed E-state index contributed by atoms with van der Waals surface area (Å²) in [5, 5.41) is 103. The number of ether oxygens (including phenoxy) is 1. The number of phenols is 1. The molecule has 15 N–H and O–H groups in total. The monoisotopic (exact) mass is 1270 g/mol. The molecular weight excluding hydrogens is 1190 g/mol. The number of aliphatic hydroxyl groups is 6.